The van der Waals surface area contributed by atoms with Crippen molar-refractivity contribution in [2.75, 3.05) is 17.2 Å². The Bertz CT molecular complexity index is 683. The molecule has 0 saturated heterocycles. The molecule has 4 heteroatoms. The molecule has 0 spiro atoms. The van der Waals surface area contributed by atoms with E-state index >= 15 is 0 Å². The van der Waals surface area contributed by atoms with Crippen molar-refractivity contribution >= 4 is 29.7 Å². The lowest BCUT2D eigenvalue weighted by molar-refractivity contribution is -0.120. The van der Waals surface area contributed by atoms with Crippen LogP contribution in [0.5, 0.6) is 0 Å². The zero-order valence-electron chi connectivity index (χ0n) is 13.6. The number of rotatable bonds is 3. The van der Waals surface area contributed by atoms with Crippen LogP contribution in [0.1, 0.15) is 31.4 Å². The summed E-state index contributed by atoms with van der Waals surface area (Å²) in [5.41, 5.74) is 3.80. The van der Waals surface area contributed by atoms with E-state index in [4.69, 9.17) is 0 Å². The molecule has 0 unspecified atom stereocenters. The molecule has 0 atom stereocenters. The fourth-order valence-corrected chi connectivity index (χ4v) is 2.83. The predicted octanol–water partition coefficient (Wildman–Crippen LogP) is 4.38. The molecule has 2 aromatic carbocycles. The number of hydrogen-bond acceptors (Lipinski definition) is 2. The van der Waals surface area contributed by atoms with Crippen molar-refractivity contribution in [2.45, 2.75) is 32.1 Å². The summed E-state index contributed by atoms with van der Waals surface area (Å²) in [6, 6.07) is 16.0. The van der Waals surface area contributed by atoms with Gasteiger partial charge in [-0.3, -0.25) is 4.79 Å². The fourth-order valence-electron chi connectivity index (χ4n) is 2.83. The molecule has 0 saturated carbocycles. The summed E-state index contributed by atoms with van der Waals surface area (Å²) in [7, 11) is 0. The molecule has 0 aromatic heterocycles. The second kappa shape index (κ2) is 7.05. The lowest BCUT2D eigenvalue weighted by Gasteiger charge is -2.25. The van der Waals surface area contributed by atoms with Crippen LogP contribution in [0, 0.1) is 0 Å². The molecule has 2 N–H and O–H groups in total. The van der Waals surface area contributed by atoms with E-state index in [2.05, 4.69) is 22.8 Å². The van der Waals surface area contributed by atoms with Crippen molar-refractivity contribution < 1.29 is 4.79 Å². The minimum atomic E-state index is -0.560. The molecule has 3 rings (SSSR count). The van der Waals surface area contributed by atoms with Gasteiger partial charge in [-0.05, 0) is 56.0 Å². The number of carbonyl (C=O) groups excluding carboxylic acids is 1. The van der Waals surface area contributed by atoms with Gasteiger partial charge in [-0.2, -0.15) is 0 Å². The summed E-state index contributed by atoms with van der Waals surface area (Å²) >= 11 is 0. The molecule has 0 radical (unpaired) electrons. The number of anilines is 2. The first-order valence-corrected chi connectivity index (χ1v) is 7.81. The number of benzene rings is 2. The van der Waals surface area contributed by atoms with Gasteiger partial charge >= 0.3 is 0 Å². The van der Waals surface area contributed by atoms with Crippen LogP contribution in [0.3, 0.4) is 0 Å². The van der Waals surface area contributed by atoms with E-state index in [1.807, 2.05) is 50.2 Å². The molecule has 2 aromatic rings. The fraction of sp³-hybridized carbons (Fsp3) is 0.316. The lowest BCUT2D eigenvalue weighted by Crippen LogP contribution is -2.34. The highest BCUT2D eigenvalue weighted by Crippen LogP contribution is 2.28. The first-order chi connectivity index (χ1) is 10.6. The summed E-state index contributed by atoms with van der Waals surface area (Å²) in [6.07, 6.45) is 2.20. The average Bonchev–Trinajstić information content (AvgIpc) is 2.55. The molecule has 1 amide bonds. The summed E-state index contributed by atoms with van der Waals surface area (Å²) in [6.45, 7) is 4.94. The Morgan fingerprint density at radius 2 is 1.87 bits per heavy atom. The third-order valence-corrected chi connectivity index (χ3v) is 4.36. The third-order valence-electron chi connectivity index (χ3n) is 4.36. The molecule has 0 bridgehead atoms. The van der Waals surface area contributed by atoms with Crippen LogP contribution in [0.15, 0.2) is 48.5 Å². The van der Waals surface area contributed by atoms with Gasteiger partial charge in [0.25, 0.3) is 0 Å². The average molecular weight is 331 g/mol. The van der Waals surface area contributed by atoms with Gasteiger partial charge < -0.3 is 10.6 Å². The molecule has 1 heterocycles. The molecule has 23 heavy (non-hydrogen) atoms. The standard InChI is InChI=1S/C19H22N2O.ClH/c1-19(2,15-8-4-3-5-9-15)18(22)21-16-10-11-17-14(13-16)7-6-12-20-17;/h3-5,8-11,13,20H,6-7,12H2,1-2H3,(H,21,22);1H. The van der Waals surface area contributed by atoms with Gasteiger partial charge in [-0.1, -0.05) is 30.3 Å². The molecule has 122 valence electrons. The van der Waals surface area contributed by atoms with E-state index < -0.39 is 5.41 Å². The monoisotopic (exact) mass is 330 g/mol. The molecule has 0 aliphatic carbocycles. The molecule has 1 aliphatic rings. The molecular formula is C19H23ClN2O. The van der Waals surface area contributed by atoms with Crippen molar-refractivity contribution in [3.63, 3.8) is 0 Å². The second-order valence-corrected chi connectivity index (χ2v) is 6.35. The second-order valence-electron chi connectivity index (χ2n) is 6.35. The highest BCUT2D eigenvalue weighted by molar-refractivity contribution is 5.98. The predicted molar refractivity (Wildman–Crippen MR) is 98.6 cm³/mol. The Labute approximate surface area is 143 Å². The molecule has 1 aliphatic heterocycles. The van der Waals surface area contributed by atoms with Crippen LogP contribution in [-0.4, -0.2) is 12.5 Å². The zero-order valence-corrected chi connectivity index (χ0v) is 14.4. The quantitative estimate of drug-likeness (QED) is 0.876. The van der Waals surface area contributed by atoms with Crippen LogP contribution >= 0.6 is 12.4 Å². The first kappa shape index (κ1) is 17.4. The summed E-state index contributed by atoms with van der Waals surface area (Å²) < 4.78 is 0. The lowest BCUT2D eigenvalue weighted by atomic mass is 9.83. The smallest absolute Gasteiger partial charge is 0.234 e. The highest BCUT2D eigenvalue weighted by Gasteiger charge is 2.29. The summed E-state index contributed by atoms with van der Waals surface area (Å²) in [4.78, 5) is 12.7. The number of aryl methyl sites for hydroxylation is 1. The Hall–Kier alpha value is -2.00. The SMILES string of the molecule is CC(C)(C(=O)Nc1ccc2c(c1)CCCN2)c1ccccc1.Cl. The van der Waals surface area contributed by atoms with Gasteiger partial charge in [0.15, 0.2) is 0 Å². The minimum Gasteiger partial charge on any atom is -0.385 e. The van der Waals surface area contributed by atoms with Crippen LogP contribution in [0.2, 0.25) is 0 Å². The van der Waals surface area contributed by atoms with Gasteiger partial charge in [0, 0.05) is 17.9 Å². The minimum absolute atomic E-state index is 0. The zero-order chi connectivity index (χ0) is 15.6. The van der Waals surface area contributed by atoms with E-state index in [0.717, 1.165) is 30.6 Å². The van der Waals surface area contributed by atoms with E-state index in [1.54, 1.807) is 0 Å². The van der Waals surface area contributed by atoms with Gasteiger partial charge in [0.1, 0.15) is 0 Å². The molecule has 3 nitrogen and oxygen atoms in total. The normalized spacial score (nSPS) is 13.3. The van der Waals surface area contributed by atoms with E-state index in [9.17, 15) is 4.79 Å². The number of amides is 1. The Balaban J connectivity index is 0.00000192. The maximum absolute atomic E-state index is 12.7. The van der Waals surface area contributed by atoms with Crippen LogP contribution in [0.25, 0.3) is 0 Å². The number of nitrogens with one attached hydrogen (secondary N) is 2. The van der Waals surface area contributed by atoms with E-state index in [-0.39, 0.29) is 18.3 Å². The summed E-state index contributed by atoms with van der Waals surface area (Å²) in [5, 5.41) is 6.45. The number of hydrogen-bond donors (Lipinski definition) is 2. The van der Waals surface area contributed by atoms with Crippen molar-refractivity contribution in [2.24, 2.45) is 0 Å². The van der Waals surface area contributed by atoms with Crippen LogP contribution in [0.4, 0.5) is 11.4 Å². The number of carbonyl (C=O) groups is 1. The van der Waals surface area contributed by atoms with Crippen LogP contribution in [-0.2, 0) is 16.6 Å². The molecule has 0 fully saturated rings. The Kier molecular flexibility index (Phi) is 5.32. The van der Waals surface area contributed by atoms with Gasteiger partial charge in [-0.15, -0.1) is 12.4 Å². The third kappa shape index (κ3) is 3.67. The number of fused-ring (bicyclic) bond motifs is 1. The topological polar surface area (TPSA) is 41.1 Å². The number of halogens is 1. The van der Waals surface area contributed by atoms with Gasteiger partial charge in [-0.25, -0.2) is 0 Å². The maximum Gasteiger partial charge on any atom is 0.234 e. The maximum atomic E-state index is 12.7. The van der Waals surface area contributed by atoms with E-state index in [0.29, 0.717) is 0 Å². The van der Waals surface area contributed by atoms with Crippen molar-refractivity contribution in [1.82, 2.24) is 0 Å². The largest absolute Gasteiger partial charge is 0.385 e. The van der Waals surface area contributed by atoms with Gasteiger partial charge in [0.05, 0.1) is 5.41 Å². The molecular weight excluding hydrogens is 308 g/mol. The highest BCUT2D eigenvalue weighted by atomic mass is 35.5. The van der Waals surface area contributed by atoms with Crippen LogP contribution < -0.4 is 10.6 Å². The van der Waals surface area contributed by atoms with Gasteiger partial charge in [0.2, 0.25) is 5.91 Å². The van der Waals surface area contributed by atoms with E-state index in [1.165, 1.54) is 11.3 Å². The van der Waals surface area contributed by atoms with Crippen molar-refractivity contribution in [1.29, 1.82) is 0 Å². The van der Waals surface area contributed by atoms with Crippen molar-refractivity contribution in [3.8, 4) is 0 Å². The summed E-state index contributed by atoms with van der Waals surface area (Å²) in [5.74, 6) is 0.0161. The Morgan fingerprint density at radius 1 is 1.13 bits per heavy atom. The Morgan fingerprint density at radius 3 is 2.61 bits per heavy atom. The first-order valence-electron chi connectivity index (χ1n) is 7.81. The van der Waals surface area contributed by atoms with Crippen molar-refractivity contribution in [3.05, 3.63) is 59.7 Å².